The van der Waals surface area contributed by atoms with E-state index in [0.29, 0.717) is 13.2 Å². The first kappa shape index (κ1) is 17.6. The van der Waals surface area contributed by atoms with Crippen molar-refractivity contribution in [1.82, 2.24) is 9.62 Å². The van der Waals surface area contributed by atoms with E-state index in [0.717, 1.165) is 16.6 Å². The quantitative estimate of drug-likeness (QED) is 0.712. The lowest BCUT2D eigenvalue weighted by atomic mass is 10.2. The lowest BCUT2D eigenvalue weighted by Gasteiger charge is -2.11. The molecule has 7 heteroatoms. The third-order valence-electron chi connectivity index (χ3n) is 2.66. The van der Waals surface area contributed by atoms with Crippen molar-refractivity contribution >= 4 is 26.0 Å². The molecular weight excluding hydrogens is 344 g/mol. The number of sulfonamides is 1. The molecule has 0 aromatic heterocycles. The molecule has 1 aromatic carbocycles. The molecule has 0 spiro atoms. The van der Waals surface area contributed by atoms with Crippen LogP contribution >= 0.6 is 15.9 Å². The predicted octanol–water partition coefficient (Wildman–Crippen LogP) is 1.61. The summed E-state index contributed by atoms with van der Waals surface area (Å²) >= 11 is 3.35. The highest BCUT2D eigenvalue weighted by atomic mass is 79.9. The Kier molecular flexibility index (Phi) is 7.11. The van der Waals surface area contributed by atoms with Crippen LogP contribution in [-0.2, 0) is 14.8 Å². The van der Waals surface area contributed by atoms with E-state index in [1.165, 1.54) is 0 Å². The Morgan fingerprint density at radius 2 is 2.00 bits per heavy atom. The molecule has 0 bridgehead atoms. The second-order valence-corrected chi connectivity index (χ2v) is 7.35. The van der Waals surface area contributed by atoms with Gasteiger partial charge in [0.1, 0.15) is 0 Å². The summed E-state index contributed by atoms with van der Waals surface area (Å²) in [4.78, 5) is 2.28. The summed E-state index contributed by atoms with van der Waals surface area (Å²) in [6.07, 6.45) is 0. The highest BCUT2D eigenvalue weighted by Crippen LogP contribution is 2.19. The van der Waals surface area contributed by atoms with Gasteiger partial charge in [0.15, 0.2) is 0 Å². The van der Waals surface area contributed by atoms with Gasteiger partial charge in [-0.25, -0.2) is 13.1 Å². The van der Waals surface area contributed by atoms with E-state index in [4.69, 9.17) is 4.74 Å². The molecule has 0 aliphatic heterocycles. The van der Waals surface area contributed by atoms with E-state index in [2.05, 4.69) is 20.7 Å². The van der Waals surface area contributed by atoms with E-state index in [9.17, 15) is 8.42 Å². The summed E-state index contributed by atoms with van der Waals surface area (Å²) in [7, 11) is 0.456. The second-order valence-electron chi connectivity index (χ2n) is 4.72. The van der Waals surface area contributed by atoms with Crippen LogP contribution in [0, 0.1) is 6.92 Å². The Labute approximate surface area is 129 Å². The maximum atomic E-state index is 12.0. The first-order chi connectivity index (χ1) is 9.33. The molecule has 0 heterocycles. The smallest absolute Gasteiger partial charge is 0.240 e. The Bertz CT molecular complexity index is 532. The van der Waals surface area contributed by atoms with Crippen LogP contribution in [0.25, 0.3) is 0 Å². The fourth-order valence-corrected chi connectivity index (χ4v) is 2.81. The van der Waals surface area contributed by atoms with Gasteiger partial charge in [-0.1, -0.05) is 15.9 Å². The van der Waals surface area contributed by atoms with Crippen molar-refractivity contribution < 1.29 is 13.2 Å². The number of ether oxygens (including phenoxy) is 1. The van der Waals surface area contributed by atoms with E-state index in [1.807, 2.05) is 25.9 Å². The van der Waals surface area contributed by atoms with Gasteiger partial charge in [-0.3, -0.25) is 0 Å². The summed E-state index contributed by atoms with van der Waals surface area (Å²) in [6, 6.07) is 4.95. The Hall–Kier alpha value is -0.470. The van der Waals surface area contributed by atoms with Crippen molar-refractivity contribution in [3.8, 4) is 0 Å². The zero-order valence-electron chi connectivity index (χ0n) is 12.0. The highest BCUT2D eigenvalue weighted by Gasteiger charge is 2.13. The molecule has 0 saturated carbocycles. The minimum Gasteiger partial charge on any atom is -0.379 e. The van der Waals surface area contributed by atoms with Crippen LogP contribution < -0.4 is 4.72 Å². The predicted molar refractivity (Wildman–Crippen MR) is 83.4 cm³/mol. The van der Waals surface area contributed by atoms with Gasteiger partial charge in [-0.15, -0.1) is 0 Å². The Morgan fingerprint density at radius 3 is 2.60 bits per heavy atom. The Morgan fingerprint density at radius 1 is 1.30 bits per heavy atom. The zero-order valence-corrected chi connectivity index (χ0v) is 14.4. The monoisotopic (exact) mass is 364 g/mol. The first-order valence-corrected chi connectivity index (χ1v) is 8.59. The van der Waals surface area contributed by atoms with Gasteiger partial charge in [-0.2, -0.15) is 0 Å². The number of likely N-dealkylation sites (N-methyl/N-ethyl adjacent to an activating group) is 1. The molecule has 1 aromatic rings. The number of hydrogen-bond donors (Lipinski definition) is 1. The molecular formula is C13H21BrN2O3S. The molecule has 0 aliphatic rings. The van der Waals surface area contributed by atoms with Gasteiger partial charge in [0.25, 0.3) is 0 Å². The maximum absolute atomic E-state index is 12.0. The van der Waals surface area contributed by atoms with Crippen molar-refractivity contribution in [2.45, 2.75) is 11.8 Å². The molecule has 1 N–H and O–H groups in total. The molecule has 0 amide bonds. The number of nitrogens with one attached hydrogen (secondary N) is 1. The lowest BCUT2D eigenvalue weighted by molar-refractivity contribution is 0.122. The average molecular weight is 365 g/mol. The van der Waals surface area contributed by atoms with Crippen LogP contribution in [0.15, 0.2) is 27.6 Å². The number of rotatable bonds is 8. The molecule has 5 nitrogen and oxygen atoms in total. The van der Waals surface area contributed by atoms with Gasteiger partial charge in [0, 0.05) is 17.6 Å². The summed E-state index contributed by atoms with van der Waals surface area (Å²) in [5.41, 5.74) is 0.884. The SMILES string of the molecule is Cc1cc(S(=O)(=O)NCCOCCN(C)C)ccc1Br. The minimum absolute atomic E-state index is 0.269. The average Bonchev–Trinajstić information content (AvgIpc) is 2.36. The molecule has 0 aliphatic carbocycles. The van der Waals surface area contributed by atoms with Crippen LogP contribution in [0.1, 0.15) is 5.56 Å². The van der Waals surface area contributed by atoms with E-state index in [-0.39, 0.29) is 11.4 Å². The van der Waals surface area contributed by atoms with E-state index in [1.54, 1.807) is 18.2 Å². The van der Waals surface area contributed by atoms with Crippen LogP contribution in [0.3, 0.4) is 0 Å². The van der Waals surface area contributed by atoms with Crippen LogP contribution in [0.5, 0.6) is 0 Å². The van der Waals surface area contributed by atoms with Gasteiger partial charge < -0.3 is 9.64 Å². The van der Waals surface area contributed by atoms with Crippen molar-refractivity contribution in [2.24, 2.45) is 0 Å². The number of halogens is 1. The van der Waals surface area contributed by atoms with Crippen molar-refractivity contribution in [3.05, 3.63) is 28.2 Å². The Balaban J connectivity index is 2.43. The number of nitrogens with zero attached hydrogens (tertiary/aromatic N) is 1. The first-order valence-electron chi connectivity index (χ1n) is 6.31. The molecule has 20 heavy (non-hydrogen) atoms. The molecule has 0 radical (unpaired) electrons. The fraction of sp³-hybridized carbons (Fsp3) is 0.538. The van der Waals surface area contributed by atoms with Gasteiger partial charge in [-0.05, 0) is 44.8 Å². The molecule has 0 fully saturated rings. The maximum Gasteiger partial charge on any atom is 0.240 e. The summed E-state index contributed by atoms with van der Waals surface area (Å²) in [6.45, 7) is 3.89. The van der Waals surface area contributed by atoms with Crippen LogP contribution in [0.4, 0.5) is 0 Å². The van der Waals surface area contributed by atoms with Gasteiger partial charge >= 0.3 is 0 Å². The third-order valence-corrected chi connectivity index (χ3v) is 5.01. The van der Waals surface area contributed by atoms with Crippen molar-refractivity contribution in [2.75, 3.05) is 40.4 Å². The standard InChI is InChI=1S/C13H21BrN2O3S/c1-11-10-12(4-5-13(11)14)20(17,18)15-6-8-19-9-7-16(2)3/h4-5,10,15H,6-9H2,1-3H3. The second kappa shape index (κ2) is 8.09. The number of benzene rings is 1. The largest absolute Gasteiger partial charge is 0.379 e. The van der Waals surface area contributed by atoms with E-state index < -0.39 is 10.0 Å². The molecule has 1 rings (SSSR count). The molecule has 0 atom stereocenters. The molecule has 0 saturated heterocycles. The minimum atomic E-state index is -3.46. The lowest BCUT2D eigenvalue weighted by Crippen LogP contribution is -2.28. The number of aryl methyl sites for hydroxylation is 1. The van der Waals surface area contributed by atoms with Crippen molar-refractivity contribution in [3.63, 3.8) is 0 Å². The van der Waals surface area contributed by atoms with E-state index >= 15 is 0 Å². The highest BCUT2D eigenvalue weighted by molar-refractivity contribution is 9.10. The summed E-state index contributed by atoms with van der Waals surface area (Å²) in [5.74, 6) is 0. The summed E-state index contributed by atoms with van der Waals surface area (Å²) in [5, 5.41) is 0. The number of hydrogen-bond acceptors (Lipinski definition) is 4. The zero-order chi connectivity index (χ0) is 15.2. The third kappa shape index (κ3) is 5.88. The molecule has 0 unspecified atom stereocenters. The normalized spacial score (nSPS) is 12.1. The summed E-state index contributed by atoms with van der Waals surface area (Å²) < 4.78 is 32.9. The fourth-order valence-electron chi connectivity index (χ4n) is 1.47. The van der Waals surface area contributed by atoms with Crippen molar-refractivity contribution in [1.29, 1.82) is 0 Å². The topological polar surface area (TPSA) is 58.6 Å². The molecule has 114 valence electrons. The van der Waals surface area contributed by atoms with Gasteiger partial charge in [0.05, 0.1) is 18.1 Å². The van der Waals surface area contributed by atoms with Crippen LogP contribution in [-0.4, -0.2) is 53.7 Å². The van der Waals surface area contributed by atoms with Crippen LogP contribution in [0.2, 0.25) is 0 Å². The van der Waals surface area contributed by atoms with Gasteiger partial charge in [0.2, 0.25) is 10.0 Å².